The molecule has 0 radical (unpaired) electrons. The van der Waals surface area contributed by atoms with Gasteiger partial charge in [-0.15, -0.1) is 6.58 Å². The zero-order valence-electron chi connectivity index (χ0n) is 19.7. The van der Waals surface area contributed by atoms with E-state index in [1.807, 2.05) is 83.6 Å². The maximum absolute atomic E-state index is 13.9. The third-order valence-electron chi connectivity index (χ3n) is 6.06. The van der Waals surface area contributed by atoms with Gasteiger partial charge in [-0.05, 0) is 41.0 Å². The minimum Gasteiger partial charge on any atom is -0.345 e. The van der Waals surface area contributed by atoms with E-state index in [2.05, 4.69) is 6.58 Å². The zero-order chi connectivity index (χ0) is 25.5. The zero-order valence-corrected chi connectivity index (χ0v) is 19.7. The maximum atomic E-state index is 13.9. The molecule has 0 N–H and O–H groups in total. The fourth-order valence-electron chi connectivity index (χ4n) is 4.32. The number of hydrogen-bond acceptors (Lipinski definition) is 1. The lowest BCUT2D eigenvalue weighted by Crippen LogP contribution is -2.36. The summed E-state index contributed by atoms with van der Waals surface area (Å²) < 4.78 is 41.4. The van der Waals surface area contributed by atoms with Crippen molar-refractivity contribution in [1.29, 1.82) is 0 Å². The van der Waals surface area contributed by atoms with E-state index in [1.54, 1.807) is 17.0 Å². The second-order valence-electron chi connectivity index (χ2n) is 8.59. The number of amides is 1. The lowest BCUT2D eigenvalue weighted by Gasteiger charge is -2.28. The lowest BCUT2D eigenvalue weighted by atomic mass is 9.90. The Labute approximate surface area is 209 Å². The Hall–Kier alpha value is -4.06. The molecule has 184 valence electrons. The van der Waals surface area contributed by atoms with Gasteiger partial charge in [-0.25, -0.2) is 0 Å². The summed E-state index contributed by atoms with van der Waals surface area (Å²) in [4.78, 5) is 15.7. The van der Waals surface area contributed by atoms with Crippen LogP contribution in [-0.2, 0) is 24.1 Å². The number of halogens is 3. The Morgan fingerprint density at radius 1 is 0.889 bits per heavy atom. The summed E-state index contributed by atoms with van der Waals surface area (Å²) in [6.07, 6.45) is -0.893. The second kappa shape index (κ2) is 11.1. The molecule has 0 aliphatic rings. The molecule has 0 spiro atoms. The third-order valence-corrected chi connectivity index (χ3v) is 6.06. The summed E-state index contributed by atoms with van der Waals surface area (Å²) in [5, 5.41) is 0. The second-order valence-corrected chi connectivity index (χ2v) is 8.59. The first-order valence-electron chi connectivity index (χ1n) is 11.7. The van der Waals surface area contributed by atoms with Crippen LogP contribution in [0.15, 0.2) is 116 Å². The van der Waals surface area contributed by atoms with E-state index < -0.39 is 17.7 Å². The smallest absolute Gasteiger partial charge is 0.345 e. The number of alkyl halides is 3. The van der Waals surface area contributed by atoms with Gasteiger partial charge in [-0.2, -0.15) is 13.2 Å². The molecular formula is C30H27F3N2O. The molecule has 1 heterocycles. The van der Waals surface area contributed by atoms with Gasteiger partial charge in [0, 0.05) is 25.0 Å². The van der Waals surface area contributed by atoms with Gasteiger partial charge in [0.25, 0.3) is 0 Å². The highest BCUT2D eigenvalue weighted by molar-refractivity contribution is 5.87. The van der Waals surface area contributed by atoms with Crippen molar-refractivity contribution in [2.24, 2.45) is 0 Å². The molecule has 4 rings (SSSR count). The van der Waals surface area contributed by atoms with Gasteiger partial charge in [0.15, 0.2) is 0 Å². The van der Waals surface area contributed by atoms with Crippen LogP contribution < -0.4 is 0 Å². The lowest BCUT2D eigenvalue weighted by molar-refractivity contribution is -0.137. The SMILES string of the molecule is C=CCN(Cc1cccn1Cc1cccc(C(F)(F)F)c1)C(=O)C(c1ccccc1)c1ccccc1. The van der Waals surface area contributed by atoms with Gasteiger partial charge in [-0.1, -0.05) is 78.9 Å². The average molecular weight is 489 g/mol. The van der Waals surface area contributed by atoms with Gasteiger partial charge < -0.3 is 9.47 Å². The molecule has 1 aromatic heterocycles. The topological polar surface area (TPSA) is 25.2 Å². The molecule has 3 nitrogen and oxygen atoms in total. The number of benzene rings is 3. The van der Waals surface area contributed by atoms with Crippen molar-refractivity contribution in [3.05, 3.63) is 144 Å². The first kappa shape index (κ1) is 25.0. The third kappa shape index (κ3) is 5.95. The van der Waals surface area contributed by atoms with Crippen LogP contribution in [0.1, 0.15) is 33.9 Å². The van der Waals surface area contributed by atoms with Gasteiger partial charge in [0.2, 0.25) is 5.91 Å². The van der Waals surface area contributed by atoms with Crippen molar-refractivity contribution in [3.8, 4) is 0 Å². The van der Waals surface area contributed by atoms with E-state index in [1.165, 1.54) is 6.07 Å². The quantitative estimate of drug-likeness (QED) is 0.235. The Kier molecular flexibility index (Phi) is 7.74. The Morgan fingerprint density at radius 3 is 2.11 bits per heavy atom. The molecule has 1 amide bonds. The molecule has 0 unspecified atom stereocenters. The molecule has 0 bridgehead atoms. The summed E-state index contributed by atoms with van der Waals surface area (Å²) in [7, 11) is 0. The fourth-order valence-corrected chi connectivity index (χ4v) is 4.32. The highest BCUT2D eigenvalue weighted by Gasteiger charge is 2.30. The number of carbonyl (C=O) groups excluding carboxylic acids is 1. The minimum atomic E-state index is -4.40. The number of nitrogens with zero attached hydrogens (tertiary/aromatic N) is 2. The standard InChI is InChI=1S/C30H27F3N2O/c1-2-18-35(29(36)28(24-12-5-3-6-13-24)25-14-7-4-8-15-25)22-27-17-10-19-34(27)21-23-11-9-16-26(20-23)30(31,32)33/h2-17,19-20,28H,1,18,21-22H2. The van der Waals surface area contributed by atoms with Crippen LogP contribution in [0.25, 0.3) is 0 Å². The van der Waals surface area contributed by atoms with E-state index >= 15 is 0 Å². The molecular weight excluding hydrogens is 461 g/mol. The molecule has 0 aliphatic heterocycles. The van der Waals surface area contributed by atoms with Crippen molar-refractivity contribution in [1.82, 2.24) is 9.47 Å². The minimum absolute atomic E-state index is 0.0703. The number of aromatic nitrogens is 1. The molecule has 0 atom stereocenters. The van der Waals surface area contributed by atoms with Gasteiger partial charge >= 0.3 is 6.18 Å². The van der Waals surface area contributed by atoms with Crippen molar-refractivity contribution in [2.75, 3.05) is 6.54 Å². The molecule has 6 heteroatoms. The van der Waals surface area contributed by atoms with Crippen molar-refractivity contribution >= 4 is 5.91 Å². The van der Waals surface area contributed by atoms with Gasteiger partial charge in [0.05, 0.1) is 18.0 Å². The largest absolute Gasteiger partial charge is 0.416 e. The predicted octanol–water partition coefficient (Wildman–Crippen LogP) is 6.90. The molecule has 0 fully saturated rings. The first-order chi connectivity index (χ1) is 17.4. The van der Waals surface area contributed by atoms with E-state index in [4.69, 9.17) is 0 Å². The fraction of sp³-hybridized carbons (Fsp3) is 0.167. The average Bonchev–Trinajstić information content (AvgIpc) is 3.31. The van der Waals surface area contributed by atoms with Crippen molar-refractivity contribution in [2.45, 2.75) is 25.2 Å². The summed E-state index contributed by atoms with van der Waals surface area (Å²) in [5.41, 5.74) is 2.47. The molecule has 0 saturated carbocycles. The summed E-state index contributed by atoms with van der Waals surface area (Å²) in [6.45, 7) is 4.74. The molecule has 0 aliphatic carbocycles. The molecule has 0 saturated heterocycles. The predicted molar refractivity (Wildman–Crippen MR) is 135 cm³/mol. The summed E-state index contributed by atoms with van der Waals surface area (Å²) in [6, 6.07) is 28.3. The van der Waals surface area contributed by atoms with Crippen LogP contribution in [0, 0.1) is 0 Å². The van der Waals surface area contributed by atoms with E-state index in [0.717, 1.165) is 29.0 Å². The van der Waals surface area contributed by atoms with E-state index in [0.29, 0.717) is 18.7 Å². The normalized spacial score (nSPS) is 11.4. The monoisotopic (exact) mass is 488 g/mol. The number of carbonyl (C=O) groups is 1. The highest BCUT2D eigenvalue weighted by Crippen LogP contribution is 2.30. The first-order valence-corrected chi connectivity index (χ1v) is 11.7. The highest BCUT2D eigenvalue weighted by atomic mass is 19.4. The van der Waals surface area contributed by atoms with Crippen LogP contribution in [0.2, 0.25) is 0 Å². The van der Waals surface area contributed by atoms with Crippen molar-refractivity contribution in [3.63, 3.8) is 0 Å². The van der Waals surface area contributed by atoms with Crippen LogP contribution in [-0.4, -0.2) is 21.9 Å². The Balaban J connectivity index is 1.61. The maximum Gasteiger partial charge on any atom is 0.416 e. The number of hydrogen-bond donors (Lipinski definition) is 0. The van der Waals surface area contributed by atoms with Gasteiger partial charge in [0.1, 0.15) is 0 Å². The van der Waals surface area contributed by atoms with Gasteiger partial charge in [-0.3, -0.25) is 4.79 Å². The Bertz CT molecular complexity index is 1260. The van der Waals surface area contributed by atoms with Crippen LogP contribution >= 0.6 is 0 Å². The molecule has 4 aromatic rings. The molecule has 3 aromatic carbocycles. The van der Waals surface area contributed by atoms with E-state index in [9.17, 15) is 18.0 Å². The summed E-state index contributed by atoms with van der Waals surface area (Å²) >= 11 is 0. The summed E-state index contributed by atoms with van der Waals surface area (Å²) in [5.74, 6) is -0.557. The van der Waals surface area contributed by atoms with Crippen LogP contribution in [0.5, 0.6) is 0 Å². The van der Waals surface area contributed by atoms with Crippen LogP contribution in [0.3, 0.4) is 0 Å². The van der Waals surface area contributed by atoms with Crippen LogP contribution in [0.4, 0.5) is 13.2 Å². The van der Waals surface area contributed by atoms with E-state index in [-0.39, 0.29) is 12.5 Å². The number of rotatable bonds is 9. The van der Waals surface area contributed by atoms with Crippen molar-refractivity contribution < 1.29 is 18.0 Å². The Morgan fingerprint density at radius 2 is 1.53 bits per heavy atom. The molecule has 36 heavy (non-hydrogen) atoms.